The first kappa shape index (κ1) is 23.1. The van der Waals surface area contributed by atoms with Crippen LogP contribution in [0.4, 0.5) is 5.69 Å². The van der Waals surface area contributed by atoms with Gasteiger partial charge in [-0.2, -0.15) is 0 Å². The molecule has 0 saturated heterocycles. The highest BCUT2D eigenvalue weighted by atomic mass is 79.9. The zero-order valence-electron chi connectivity index (χ0n) is 18.6. The number of fused-ring (bicyclic) bond motifs is 1. The third kappa shape index (κ3) is 4.28. The monoisotopic (exact) mass is 532 g/mol. The van der Waals surface area contributed by atoms with Crippen molar-refractivity contribution >= 4 is 61.4 Å². The number of methoxy groups -OCH3 is 2. The standard InChI is InChI=1S/C25H26BrClN2O2S/c1-5-12-28(25-20-9-7-18(26)13-17(20)6-11-23(25)31-4)29-15-32-16(2)24(29)21-10-8-19(30-3)14-22(21)27/h6-11,13-14H,5,12,15H2,1-4H3. The van der Waals surface area contributed by atoms with E-state index in [4.69, 9.17) is 21.1 Å². The molecule has 0 aromatic heterocycles. The van der Waals surface area contributed by atoms with E-state index in [-0.39, 0.29) is 0 Å². The van der Waals surface area contributed by atoms with Gasteiger partial charge in [-0.3, -0.25) is 10.0 Å². The van der Waals surface area contributed by atoms with Crippen LogP contribution < -0.4 is 14.5 Å². The molecule has 7 heteroatoms. The molecule has 0 N–H and O–H groups in total. The molecular weight excluding hydrogens is 508 g/mol. The van der Waals surface area contributed by atoms with Crippen LogP contribution in [0.3, 0.4) is 0 Å². The topological polar surface area (TPSA) is 24.9 Å². The predicted octanol–water partition coefficient (Wildman–Crippen LogP) is 7.80. The van der Waals surface area contributed by atoms with Gasteiger partial charge in [-0.25, -0.2) is 0 Å². The van der Waals surface area contributed by atoms with Crippen LogP contribution in [0.1, 0.15) is 25.8 Å². The van der Waals surface area contributed by atoms with Crippen LogP contribution in [-0.2, 0) is 0 Å². The van der Waals surface area contributed by atoms with Gasteiger partial charge in [0.15, 0.2) is 0 Å². The fourth-order valence-corrected chi connectivity index (χ4v) is 5.64. The Bertz CT molecular complexity index is 1180. The van der Waals surface area contributed by atoms with Crippen LogP contribution in [0, 0.1) is 0 Å². The predicted molar refractivity (Wildman–Crippen MR) is 141 cm³/mol. The van der Waals surface area contributed by atoms with Gasteiger partial charge in [0, 0.05) is 26.9 Å². The number of hydrogen-bond acceptors (Lipinski definition) is 5. The second-order valence-corrected chi connectivity index (χ2v) is 10.0. The van der Waals surface area contributed by atoms with E-state index in [9.17, 15) is 0 Å². The normalized spacial score (nSPS) is 13.8. The summed E-state index contributed by atoms with van der Waals surface area (Å²) in [5.41, 5.74) is 3.18. The molecule has 0 bridgehead atoms. The van der Waals surface area contributed by atoms with Crippen molar-refractivity contribution in [2.24, 2.45) is 0 Å². The second kappa shape index (κ2) is 9.86. The Balaban J connectivity index is 1.88. The first-order valence-corrected chi connectivity index (χ1v) is 12.6. The van der Waals surface area contributed by atoms with Crippen LogP contribution in [0.25, 0.3) is 16.5 Å². The number of hydrogen-bond donors (Lipinski definition) is 0. The molecule has 1 heterocycles. The van der Waals surface area contributed by atoms with Crippen LogP contribution in [-0.4, -0.2) is 31.7 Å². The molecule has 0 atom stereocenters. The number of ether oxygens (including phenoxy) is 2. The number of thioether (sulfide) groups is 1. The van der Waals surface area contributed by atoms with E-state index in [0.717, 1.165) is 62.5 Å². The minimum atomic E-state index is 0.677. The molecular formula is C25H26BrClN2O2S. The third-order valence-electron chi connectivity index (χ3n) is 5.55. The zero-order valence-corrected chi connectivity index (χ0v) is 21.8. The molecule has 3 aromatic carbocycles. The van der Waals surface area contributed by atoms with Crippen molar-refractivity contribution in [2.75, 3.05) is 31.7 Å². The molecule has 0 fully saturated rings. The maximum absolute atomic E-state index is 6.72. The zero-order chi connectivity index (χ0) is 22.8. The summed E-state index contributed by atoms with van der Waals surface area (Å²) < 4.78 is 12.3. The van der Waals surface area contributed by atoms with E-state index >= 15 is 0 Å². The number of nitrogens with zero attached hydrogens (tertiary/aromatic N) is 2. The summed E-state index contributed by atoms with van der Waals surface area (Å²) in [7, 11) is 3.39. The summed E-state index contributed by atoms with van der Waals surface area (Å²) in [6.45, 7) is 5.19. The van der Waals surface area contributed by atoms with Crippen molar-refractivity contribution in [3.63, 3.8) is 0 Å². The highest BCUT2D eigenvalue weighted by Crippen LogP contribution is 2.46. The molecule has 0 unspecified atom stereocenters. The van der Waals surface area contributed by atoms with E-state index in [1.807, 2.05) is 36.0 Å². The van der Waals surface area contributed by atoms with E-state index in [1.165, 1.54) is 4.91 Å². The lowest BCUT2D eigenvalue weighted by Gasteiger charge is -2.38. The highest BCUT2D eigenvalue weighted by molar-refractivity contribution is 9.10. The molecule has 4 rings (SSSR count). The second-order valence-electron chi connectivity index (χ2n) is 7.53. The molecule has 0 aliphatic carbocycles. The molecule has 0 saturated carbocycles. The van der Waals surface area contributed by atoms with E-state index < -0.39 is 0 Å². The summed E-state index contributed by atoms with van der Waals surface area (Å²) in [6, 6.07) is 16.4. The lowest BCUT2D eigenvalue weighted by atomic mass is 10.1. The van der Waals surface area contributed by atoms with Crippen molar-refractivity contribution in [2.45, 2.75) is 20.3 Å². The Morgan fingerprint density at radius 1 is 1.09 bits per heavy atom. The summed E-state index contributed by atoms with van der Waals surface area (Å²) in [6.07, 6.45) is 0.986. The first-order chi connectivity index (χ1) is 15.5. The molecule has 32 heavy (non-hydrogen) atoms. The summed E-state index contributed by atoms with van der Waals surface area (Å²) in [5.74, 6) is 2.41. The van der Waals surface area contributed by atoms with Gasteiger partial charge in [-0.15, -0.1) is 11.8 Å². The molecule has 168 valence electrons. The van der Waals surface area contributed by atoms with Gasteiger partial charge in [-0.05, 0) is 55.1 Å². The van der Waals surface area contributed by atoms with Crippen molar-refractivity contribution < 1.29 is 9.47 Å². The SMILES string of the molecule is CCCN(c1c(OC)ccc2cc(Br)ccc12)N1CSC(C)=C1c1ccc(OC)cc1Cl. The number of anilines is 1. The number of benzene rings is 3. The molecule has 1 aliphatic rings. The van der Waals surface area contributed by atoms with E-state index in [1.54, 1.807) is 14.2 Å². The molecule has 4 nitrogen and oxygen atoms in total. The molecule has 0 spiro atoms. The van der Waals surface area contributed by atoms with Crippen LogP contribution >= 0.6 is 39.3 Å². The Labute approximate surface area is 207 Å². The Morgan fingerprint density at radius 2 is 1.91 bits per heavy atom. The fourth-order valence-electron chi connectivity index (χ4n) is 4.07. The number of allylic oxidation sites excluding steroid dienone is 1. The smallest absolute Gasteiger partial charge is 0.144 e. The van der Waals surface area contributed by atoms with Gasteiger partial charge in [0.25, 0.3) is 0 Å². The summed E-state index contributed by atoms with van der Waals surface area (Å²) in [4.78, 5) is 1.24. The van der Waals surface area contributed by atoms with Gasteiger partial charge in [0.1, 0.15) is 17.2 Å². The van der Waals surface area contributed by atoms with Gasteiger partial charge in [0.2, 0.25) is 0 Å². The third-order valence-corrected chi connectivity index (χ3v) is 7.35. The van der Waals surface area contributed by atoms with Crippen LogP contribution in [0.2, 0.25) is 5.02 Å². The Hall–Kier alpha value is -2.02. The Kier molecular flexibility index (Phi) is 7.13. The quantitative estimate of drug-likeness (QED) is 0.308. The van der Waals surface area contributed by atoms with Crippen LogP contribution in [0.15, 0.2) is 57.9 Å². The summed E-state index contributed by atoms with van der Waals surface area (Å²) in [5, 5.41) is 7.66. The van der Waals surface area contributed by atoms with Crippen LogP contribution in [0.5, 0.6) is 11.5 Å². The maximum atomic E-state index is 6.72. The maximum Gasteiger partial charge on any atom is 0.144 e. The Morgan fingerprint density at radius 3 is 2.59 bits per heavy atom. The molecule has 3 aromatic rings. The van der Waals surface area contributed by atoms with E-state index in [2.05, 4.69) is 64.1 Å². The first-order valence-electron chi connectivity index (χ1n) is 10.5. The minimum Gasteiger partial charge on any atom is -0.497 e. The van der Waals surface area contributed by atoms with Crippen molar-refractivity contribution in [1.29, 1.82) is 0 Å². The van der Waals surface area contributed by atoms with Crippen molar-refractivity contribution in [3.05, 3.63) is 68.5 Å². The molecule has 0 amide bonds. The minimum absolute atomic E-state index is 0.677. The lowest BCUT2D eigenvalue weighted by molar-refractivity contribution is 0.389. The van der Waals surface area contributed by atoms with Gasteiger partial charge < -0.3 is 9.47 Å². The number of halogens is 2. The molecule has 0 radical (unpaired) electrons. The van der Waals surface area contributed by atoms with Gasteiger partial charge >= 0.3 is 0 Å². The highest BCUT2D eigenvalue weighted by Gasteiger charge is 2.31. The van der Waals surface area contributed by atoms with Crippen molar-refractivity contribution in [3.8, 4) is 11.5 Å². The van der Waals surface area contributed by atoms with E-state index in [0.29, 0.717) is 5.02 Å². The fraction of sp³-hybridized carbons (Fsp3) is 0.280. The molecule has 1 aliphatic heterocycles. The van der Waals surface area contributed by atoms with Gasteiger partial charge in [-0.1, -0.05) is 46.6 Å². The average molecular weight is 534 g/mol. The lowest BCUT2D eigenvalue weighted by Crippen LogP contribution is -2.41. The number of rotatable bonds is 7. The average Bonchev–Trinajstić information content (AvgIpc) is 3.17. The van der Waals surface area contributed by atoms with Gasteiger partial charge in [0.05, 0.1) is 30.8 Å². The largest absolute Gasteiger partial charge is 0.497 e. The van der Waals surface area contributed by atoms with Crippen molar-refractivity contribution in [1.82, 2.24) is 5.01 Å². The number of hydrazine groups is 1. The summed E-state index contributed by atoms with van der Waals surface area (Å²) >= 11 is 12.1.